The van der Waals surface area contributed by atoms with Crippen LogP contribution in [0.3, 0.4) is 0 Å². The third-order valence-corrected chi connectivity index (χ3v) is 3.84. The second-order valence-electron chi connectivity index (χ2n) is 5.66. The van der Waals surface area contributed by atoms with E-state index in [0.717, 1.165) is 16.8 Å². The van der Waals surface area contributed by atoms with Crippen molar-refractivity contribution in [3.63, 3.8) is 0 Å². The predicted octanol–water partition coefficient (Wildman–Crippen LogP) is 4.15. The van der Waals surface area contributed by atoms with Crippen LogP contribution in [0, 0.1) is 11.3 Å². The predicted molar refractivity (Wildman–Crippen MR) is 100 cm³/mol. The molecule has 0 amide bonds. The van der Waals surface area contributed by atoms with Gasteiger partial charge in [0.1, 0.15) is 18.4 Å². The Morgan fingerprint density at radius 2 is 1.85 bits per heavy atom. The Kier molecular flexibility index (Phi) is 5.69. The maximum absolute atomic E-state index is 8.78. The Labute approximate surface area is 152 Å². The lowest BCUT2D eigenvalue weighted by atomic mass is 10.2. The van der Waals surface area contributed by atoms with E-state index in [1.54, 1.807) is 19.4 Å². The second kappa shape index (κ2) is 8.54. The molecule has 26 heavy (non-hydrogen) atoms. The summed E-state index contributed by atoms with van der Waals surface area (Å²) < 4.78 is 11.3. The number of aromatic nitrogens is 1. The zero-order chi connectivity index (χ0) is 18.2. The number of nitriles is 1. The normalized spacial score (nSPS) is 10.0. The summed E-state index contributed by atoms with van der Waals surface area (Å²) in [5, 5.41) is 12.1. The van der Waals surface area contributed by atoms with Crippen molar-refractivity contribution in [3.05, 3.63) is 83.7 Å². The van der Waals surface area contributed by atoms with Crippen LogP contribution >= 0.6 is 0 Å². The molecular weight excluding hydrogens is 326 g/mol. The van der Waals surface area contributed by atoms with Crippen LogP contribution in [0.5, 0.6) is 11.5 Å². The fourth-order valence-electron chi connectivity index (χ4n) is 2.45. The number of nitrogens with zero attached hydrogens (tertiary/aromatic N) is 2. The van der Waals surface area contributed by atoms with Gasteiger partial charge in [0.05, 0.1) is 19.0 Å². The van der Waals surface area contributed by atoms with Crippen molar-refractivity contribution >= 4 is 5.69 Å². The molecule has 0 bridgehead atoms. The summed E-state index contributed by atoms with van der Waals surface area (Å²) in [6.45, 7) is 1.11. The monoisotopic (exact) mass is 345 g/mol. The quantitative estimate of drug-likeness (QED) is 0.697. The van der Waals surface area contributed by atoms with Crippen LogP contribution in [-0.4, -0.2) is 12.1 Å². The number of nitrogens with one attached hydrogen (secondary N) is 1. The molecule has 0 saturated carbocycles. The van der Waals surface area contributed by atoms with E-state index in [9.17, 15) is 0 Å². The van der Waals surface area contributed by atoms with Gasteiger partial charge in [-0.05, 0) is 35.4 Å². The van der Waals surface area contributed by atoms with Gasteiger partial charge in [-0.2, -0.15) is 5.26 Å². The smallest absolute Gasteiger partial charge is 0.161 e. The Hall–Kier alpha value is -3.52. The zero-order valence-electron chi connectivity index (χ0n) is 14.5. The summed E-state index contributed by atoms with van der Waals surface area (Å²) in [6, 6.07) is 21.4. The summed E-state index contributed by atoms with van der Waals surface area (Å²) in [6.07, 6.45) is 1.65. The van der Waals surface area contributed by atoms with E-state index < -0.39 is 0 Å². The molecule has 5 heteroatoms. The van der Waals surface area contributed by atoms with E-state index in [1.165, 1.54) is 0 Å². The molecule has 0 aliphatic heterocycles. The van der Waals surface area contributed by atoms with E-state index in [2.05, 4.69) is 10.3 Å². The highest BCUT2D eigenvalue weighted by Gasteiger charge is 2.06. The average Bonchev–Trinajstić information content (AvgIpc) is 2.72. The molecule has 0 radical (unpaired) electrons. The summed E-state index contributed by atoms with van der Waals surface area (Å²) in [5.41, 5.74) is 3.41. The number of anilines is 1. The first-order valence-corrected chi connectivity index (χ1v) is 8.22. The van der Waals surface area contributed by atoms with Crippen LogP contribution in [0.25, 0.3) is 0 Å². The fraction of sp³-hybridized carbons (Fsp3) is 0.143. The number of hydrogen-bond acceptors (Lipinski definition) is 5. The number of rotatable bonds is 7. The molecule has 0 aliphatic carbocycles. The molecule has 3 aromatic rings. The van der Waals surface area contributed by atoms with E-state index in [0.29, 0.717) is 30.3 Å². The summed E-state index contributed by atoms with van der Waals surface area (Å²) >= 11 is 0. The van der Waals surface area contributed by atoms with E-state index >= 15 is 0 Å². The Morgan fingerprint density at radius 1 is 1.00 bits per heavy atom. The van der Waals surface area contributed by atoms with Crippen molar-refractivity contribution in [3.8, 4) is 17.6 Å². The molecule has 1 aromatic heterocycles. The van der Waals surface area contributed by atoms with Gasteiger partial charge < -0.3 is 14.8 Å². The van der Waals surface area contributed by atoms with E-state index in [1.807, 2.05) is 60.7 Å². The first kappa shape index (κ1) is 17.3. The van der Waals surface area contributed by atoms with Crippen LogP contribution in [-0.2, 0) is 13.2 Å². The molecular formula is C21H19N3O2. The Balaban J connectivity index is 1.63. The number of methoxy groups -OCH3 is 1. The standard InChI is InChI=1S/C21H19N3O2/c1-25-21-11-17(13-23-19-9-8-18(12-22)24-14-19)7-10-20(21)26-15-16-5-3-2-4-6-16/h2-11,14,23H,13,15H2,1H3. The highest BCUT2D eigenvalue weighted by Crippen LogP contribution is 2.29. The fourth-order valence-corrected chi connectivity index (χ4v) is 2.45. The van der Waals surface area contributed by atoms with Gasteiger partial charge in [-0.15, -0.1) is 0 Å². The van der Waals surface area contributed by atoms with Crippen LogP contribution in [0.4, 0.5) is 5.69 Å². The molecule has 5 nitrogen and oxygen atoms in total. The third-order valence-electron chi connectivity index (χ3n) is 3.84. The summed E-state index contributed by atoms with van der Waals surface area (Å²) in [7, 11) is 1.63. The van der Waals surface area contributed by atoms with Gasteiger partial charge in [0, 0.05) is 6.54 Å². The zero-order valence-corrected chi connectivity index (χ0v) is 14.5. The van der Waals surface area contributed by atoms with E-state index in [-0.39, 0.29) is 0 Å². The molecule has 0 saturated heterocycles. The van der Waals surface area contributed by atoms with Crippen molar-refractivity contribution in [1.29, 1.82) is 5.26 Å². The van der Waals surface area contributed by atoms with Crippen molar-refractivity contribution in [2.24, 2.45) is 0 Å². The van der Waals surface area contributed by atoms with Gasteiger partial charge in [-0.25, -0.2) is 4.98 Å². The topological polar surface area (TPSA) is 67.2 Å². The molecule has 0 spiro atoms. The summed E-state index contributed by atoms with van der Waals surface area (Å²) in [5.74, 6) is 1.40. The first-order valence-electron chi connectivity index (χ1n) is 8.22. The summed E-state index contributed by atoms with van der Waals surface area (Å²) in [4.78, 5) is 4.04. The first-order chi connectivity index (χ1) is 12.8. The number of hydrogen-bond donors (Lipinski definition) is 1. The van der Waals surface area contributed by atoms with Crippen molar-refractivity contribution in [2.75, 3.05) is 12.4 Å². The molecule has 0 aliphatic rings. The molecule has 1 N–H and O–H groups in total. The minimum atomic E-state index is 0.400. The molecule has 3 rings (SSSR count). The highest BCUT2D eigenvalue weighted by molar-refractivity contribution is 5.46. The maximum Gasteiger partial charge on any atom is 0.161 e. The van der Waals surface area contributed by atoms with Gasteiger partial charge in [0.25, 0.3) is 0 Å². The molecule has 0 atom stereocenters. The van der Waals surface area contributed by atoms with E-state index in [4.69, 9.17) is 14.7 Å². The van der Waals surface area contributed by atoms with Gasteiger partial charge in [-0.3, -0.25) is 0 Å². The third kappa shape index (κ3) is 4.52. The molecule has 1 heterocycles. The van der Waals surface area contributed by atoms with Gasteiger partial charge >= 0.3 is 0 Å². The van der Waals surface area contributed by atoms with Gasteiger partial charge in [0.2, 0.25) is 0 Å². The lowest BCUT2D eigenvalue weighted by Gasteiger charge is -2.13. The largest absolute Gasteiger partial charge is 0.493 e. The molecule has 0 unspecified atom stereocenters. The number of benzene rings is 2. The van der Waals surface area contributed by atoms with Crippen molar-refractivity contribution in [2.45, 2.75) is 13.2 Å². The average molecular weight is 345 g/mol. The molecule has 0 fully saturated rings. The Morgan fingerprint density at radius 3 is 2.54 bits per heavy atom. The van der Waals surface area contributed by atoms with Gasteiger partial charge in [-0.1, -0.05) is 36.4 Å². The Bertz CT molecular complexity index is 887. The van der Waals surface area contributed by atoms with Crippen molar-refractivity contribution in [1.82, 2.24) is 4.98 Å². The van der Waals surface area contributed by atoms with Crippen LogP contribution < -0.4 is 14.8 Å². The van der Waals surface area contributed by atoms with Crippen molar-refractivity contribution < 1.29 is 9.47 Å². The molecule has 2 aromatic carbocycles. The van der Waals surface area contributed by atoms with Crippen LogP contribution in [0.1, 0.15) is 16.8 Å². The number of ether oxygens (including phenoxy) is 2. The second-order valence-corrected chi connectivity index (χ2v) is 5.66. The van der Waals surface area contributed by atoms with Crippen LogP contribution in [0.15, 0.2) is 66.9 Å². The minimum absolute atomic E-state index is 0.400. The number of pyridine rings is 1. The SMILES string of the molecule is COc1cc(CNc2ccc(C#N)nc2)ccc1OCc1ccccc1. The van der Waals surface area contributed by atoms with Crippen LogP contribution in [0.2, 0.25) is 0 Å². The molecule has 130 valence electrons. The minimum Gasteiger partial charge on any atom is -0.493 e. The maximum atomic E-state index is 8.78. The lowest BCUT2D eigenvalue weighted by molar-refractivity contribution is 0.284. The lowest BCUT2D eigenvalue weighted by Crippen LogP contribution is -2.02. The van der Waals surface area contributed by atoms with Gasteiger partial charge in [0.15, 0.2) is 11.5 Å². The highest BCUT2D eigenvalue weighted by atomic mass is 16.5.